The van der Waals surface area contributed by atoms with E-state index in [2.05, 4.69) is 41.7 Å². The maximum absolute atomic E-state index is 5.59. The van der Waals surface area contributed by atoms with Crippen LogP contribution < -0.4 is 10.3 Å². The highest BCUT2D eigenvalue weighted by molar-refractivity contribution is 7.80. The molecule has 0 spiro atoms. The van der Waals surface area contributed by atoms with Gasteiger partial charge in [0.2, 0.25) is 0 Å². The standard InChI is InChI=1S/C17H30N2S/c18-16-17-10-13-19(14-11-17)12-8-6-4-2-1-3-5-7-9-15-20/h10-11,13-14H,1-9,12,15-16,18H2/p+1. The molecule has 1 aromatic rings. The zero-order valence-electron chi connectivity index (χ0n) is 12.8. The molecule has 1 heterocycles. The highest BCUT2D eigenvalue weighted by Gasteiger charge is 2.00. The van der Waals surface area contributed by atoms with Crippen LogP contribution in [0.3, 0.4) is 0 Å². The molecule has 2 nitrogen and oxygen atoms in total. The molecule has 114 valence electrons. The molecule has 20 heavy (non-hydrogen) atoms. The highest BCUT2D eigenvalue weighted by atomic mass is 32.1. The largest absolute Gasteiger partial charge is 0.326 e. The number of hydrogen-bond donors (Lipinski definition) is 2. The van der Waals surface area contributed by atoms with Gasteiger partial charge < -0.3 is 5.73 Å². The summed E-state index contributed by atoms with van der Waals surface area (Å²) in [4.78, 5) is 0. The number of unbranched alkanes of at least 4 members (excludes halogenated alkanes) is 8. The van der Waals surface area contributed by atoms with Crippen LogP contribution in [-0.4, -0.2) is 5.75 Å². The van der Waals surface area contributed by atoms with Gasteiger partial charge in [0.15, 0.2) is 12.4 Å². The van der Waals surface area contributed by atoms with E-state index in [1.807, 2.05) is 0 Å². The molecule has 0 aromatic carbocycles. The van der Waals surface area contributed by atoms with Crippen molar-refractivity contribution in [1.29, 1.82) is 0 Å². The second-order valence-corrected chi connectivity index (χ2v) is 6.00. The molecule has 0 unspecified atom stereocenters. The monoisotopic (exact) mass is 295 g/mol. The summed E-state index contributed by atoms with van der Waals surface area (Å²) in [6.07, 6.45) is 16.5. The van der Waals surface area contributed by atoms with E-state index in [0.29, 0.717) is 6.54 Å². The summed E-state index contributed by atoms with van der Waals surface area (Å²) < 4.78 is 2.26. The van der Waals surface area contributed by atoms with Gasteiger partial charge in [-0.05, 0) is 24.2 Å². The fourth-order valence-corrected chi connectivity index (χ4v) is 2.64. The van der Waals surface area contributed by atoms with Crippen LogP contribution in [-0.2, 0) is 13.1 Å². The zero-order valence-corrected chi connectivity index (χ0v) is 13.7. The molecule has 2 N–H and O–H groups in total. The lowest BCUT2D eigenvalue weighted by molar-refractivity contribution is -0.697. The average molecular weight is 296 g/mol. The normalized spacial score (nSPS) is 10.9. The molecule has 0 atom stereocenters. The van der Waals surface area contributed by atoms with Gasteiger partial charge in [-0.1, -0.05) is 38.5 Å². The maximum Gasteiger partial charge on any atom is 0.169 e. The topological polar surface area (TPSA) is 29.9 Å². The number of aromatic nitrogens is 1. The van der Waals surface area contributed by atoms with Crippen molar-refractivity contribution < 1.29 is 4.57 Å². The van der Waals surface area contributed by atoms with Crippen LogP contribution in [0.25, 0.3) is 0 Å². The molecule has 0 saturated heterocycles. The van der Waals surface area contributed by atoms with E-state index in [0.717, 1.165) is 12.3 Å². The molecule has 0 aliphatic heterocycles. The Morgan fingerprint density at radius 3 is 1.80 bits per heavy atom. The Kier molecular flexibility index (Phi) is 10.7. The molecular formula is C17H31N2S+. The highest BCUT2D eigenvalue weighted by Crippen LogP contribution is 2.09. The number of rotatable bonds is 12. The van der Waals surface area contributed by atoms with Gasteiger partial charge in [0.1, 0.15) is 6.54 Å². The van der Waals surface area contributed by atoms with E-state index in [1.54, 1.807) is 0 Å². The van der Waals surface area contributed by atoms with Gasteiger partial charge in [0.25, 0.3) is 0 Å². The number of thiol groups is 1. The Hall–Kier alpha value is -0.540. The minimum absolute atomic E-state index is 0.634. The Morgan fingerprint density at radius 2 is 1.30 bits per heavy atom. The molecular weight excluding hydrogens is 264 g/mol. The first-order chi connectivity index (χ1) is 9.86. The summed E-state index contributed by atoms with van der Waals surface area (Å²) >= 11 is 4.24. The Morgan fingerprint density at radius 1 is 0.800 bits per heavy atom. The maximum atomic E-state index is 5.59. The Labute approximate surface area is 130 Å². The minimum Gasteiger partial charge on any atom is -0.326 e. The van der Waals surface area contributed by atoms with Crippen LogP contribution in [0.4, 0.5) is 0 Å². The predicted octanol–water partition coefficient (Wildman–Crippen LogP) is 3.87. The summed E-state index contributed by atoms with van der Waals surface area (Å²) in [5.74, 6) is 1.05. The molecule has 1 rings (SSSR count). The molecule has 0 saturated carbocycles. The summed E-state index contributed by atoms with van der Waals surface area (Å²) in [6.45, 7) is 1.77. The smallest absolute Gasteiger partial charge is 0.169 e. The van der Waals surface area contributed by atoms with Gasteiger partial charge in [-0.15, -0.1) is 0 Å². The number of nitrogens with two attached hydrogens (primary N) is 1. The van der Waals surface area contributed by atoms with Crippen molar-refractivity contribution in [1.82, 2.24) is 0 Å². The van der Waals surface area contributed by atoms with Crippen LogP contribution in [0.15, 0.2) is 24.5 Å². The van der Waals surface area contributed by atoms with Crippen molar-refractivity contribution >= 4 is 12.6 Å². The Bertz CT molecular complexity index is 324. The molecule has 0 fully saturated rings. The van der Waals surface area contributed by atoms with Gasteiger partial charge in [0, 0.05) is 25.1 Å². The van der Waals surface area contributed by atoms with E-state index < -0.39 is 0 Å². The Balaban J connectivity index is 1.91. The molecule has 0 radical (unpaired) electrons. The molecule has 0 aliphatic rings. The van der Waals surface area contributed by atoms with E-state index in [-0.39, 0.29) is 0 Å². The van der Waals surface area contributed by atoms with Gasteiger partial charge in [-0.2, -0.15) is 12.6 Å². The third kappa shape index (κ3) is 8.60. The second-order valence-electron chi connectivity index (χ2n) is 5.55. The average Bonchev–Trinajstić information content (AvgIpc) is 2.50. The van der Waals surface area contributed by atoms with Crippen molar-refractivity contribution in [3.05, 3.63) is 30.1 Å². The fraction of sp³-hybridized carbons (Fsp3) is 0.706. The zero-order chi connectivity index (χ0) is 14.5. The van der Waals surface area contributed by atoms with Gasteiger partial charge >= 0.3 is 0 Å². The van der Waals surface area contributed by atoms with Crippen molar-refractivity contribution in [2.24, 2.45) is 5.73 Å². The predicted molar refractivity (Wildman–Crippen MR) is 89.9 cm³/mol. The van der Waals surface area contributed by atoms with Crippen LogP contribution in [0, 0.1) is 0 Å². The number of aryl methyl sites for hydroxylation is 1. The van der Waals surface area contributed by atoms with Crippen LogP contribution >= 0.6 is 12.6 Å². The van der Waals surface area contributed by atoms with Crippen molar-refractivity contribution in [2.75, 3.05) is 5.75 Å². The number of nitrogens with zero attached hydrogens (tertiary/aromatic N) is 1. The van der Waals surface area contributed by atoms with Crippen LogP contribution in [0.1, 0.15) is 63.4 Å². The fourth-order valence-electron chi connectivity index (χ4n) is 2.42. The quantitative estimate of drug-likeness (QED) is 0.342. The summed E-state index contributed by atoms with van der Waals surface area (Å²) in [7, 11) is 0. The van der Waals surface area contributed by atoms with Crippen molar-refractivity contribution in [2.45, 2.75) is 70.9 Å². The number of hydrogen-bond acceptors (Lipinski definition) is 2. The lowest BCUT2D eigenvalue weighted by Gasteiger charge is -2.01. The number of pyridine rings is 1. The van der Waals surface area contributed by atoms with Gasteiger partial charge in [0.05, 0.1) is 0 Å². The molecule has 0 aliphatic carbocycles. The van der Waals surface area contributed by atoms with Crippen LogP contribution in [0.5, 0.6) is 0 Å². The third-order valence-electron chi connectivity index (χ3n) is 3.77. The molecule has 0 bridgehead atoms. The first kappa shape index (κ1) is 17.5. The SMILES string of the molecule is NCc1cc[n+](CCCCCCCCCCCS)cc1. The van der Waals surface area contributed by atoms with Crippen molar-refractivity contribution in [3.63, 3.8) is 0 Å². The van der Waals surface area contributed by atoms with Crippen LogP contribution in [0.2, 0.25) is 0 Å². The first-order valence-electron chi connectivity index (χ1n) is 8.15. The van der Waals surface area contributed by atoms with E-state index in [1.165, 1.54) is 63.4 Å². The van der Waals surface area contributed by atoms with E-state index in [4.69, 9.17) is 5.73 Å². The summed E-state index contributed by atoms with van der Waals surface area (Å²) in [5.41, 5.74) is 6.80. The van der Waals surface area contributed by atoms with E-state index >= 15 is 0 Å². The summed E-state index contributed by atoms with van der Waals surface area (Å²) in [6, 6.07) is 4.23. The lowest BCUT2D eigenvalue weighted by Crippen LogP contribution is -2.32. The molecule has 1 aromatic heterocycles. The molecule has 3 heteroatoms. The van der Waals surface area contributed by atoms with E-state index in [9.17, 15) is 0 Å². The molecule has 0 amide bonds. The van der Waals surface area contributed by atoms with Gasteiger partial charge in [-0.25, -0.2) is 4.57 Å². The summed E-state index contributed by atoms with van der Waals surface area (Å²) in [5, 5.41) is 0. The minimum atomic E-state index is 0.634. The first-order valence-corrected chi connectivity index (χ1v) is 8.79. The third-order valence-corrected chi connectivity index (χ3v) is 4.09. The van der Waals surface area contributed by atoms with Gasteiger partial charge in [-0.3, -0.25) is 0 Å². The van der Waals surface area contributed by atoms with Crippen molar-refractivity contribution in [3.8, 4) is 0 Å². The second kappa shape index (κ2) is 12.2. The lowest BCUT2D eigenvalue weighted by atomic mass is 10.1.